The van der Waals surface area contributed by atoms with Crippen LogP contribution in [0.2, 0.25) is 5.02 Å². The molecule has 0 N–H and O–H groups in total. The lowest BCUT2D eigenvalue weighted by atomic mass is 9.84. The van der Waals surface area contributed by atoms with Gasteiger partial charge >= 0.3 is 0 Å². The molecule has 1 unspecified atom stereocenters. The Kier molecular flexibility index (Phi) is 5.90. The smallest absolute Gasteiger partial charge is 0.261 e. The number of amides is 1. The van der Waals surface area contributed by atoms with E-state index in [2.05, 4.69) is 5.10 Å². The van der Waals surface area contributed by atoms with E-state index in [1.165, 1.54) is 32.1 Å². The Hall–Kier alpha value is -2.01. The molecular weight excluding hydrogens is 374 g/mol. The van der Waals surface area contributed by atoms with Crippen LogP contribution in [0, 0.1) is 0 Å². The van der Waals surface area contributed by atoms with Gasteiger partial charge in [-0.2, -0.15) is 5.10 Å². The molecule has 1 saturated carbocycles. The summed E-state index contributed by atoms with van der Waals surface area (Å²) in [6, 6.07) is 5.89. The van der Waals surface area contributed by atoms with E-state index in [1.807, 2.05) is 42.5 Å². The topological polar surface area (TPSA) is 47.4 Å². The molecule has 2 fully saturated rings. The molecule has 0 radical (unpaired) electrons. The van der Waals surface area contributed by atoms with Crippen molar-refractivity contribution in [1.82, 2.24) is 14.7 Å². The molecule has 2 aliphatic rings. The van der Waals surface area contributed by atoms with Crippen molar-refractivity contribution in [3.05, 3.63) is 46.7 Å². The summed E-state index contributed by atoms with van der Waals surface area (Å²) < 4.78 is 7.83. The van der Waals surface area contributed by atoms with Gasteiger partial charge in [-0.15, -0.1) is 0 Å². The Morgan fingerprint density at radius 2 is 2.04 bits per heavy atom. The summed E-state index contributed by atoms with van der Waals surface area (Å²) in [7, 11) is 1.90. The Labute approximate surface area is 171 Å². The molecule has 2 heterocycles. The first kappa shape index (κ1) is 19.3. The van der Waals surface area contributed by atoms with E-state index >= 15 is 0 Å². The molecule has 1 saturated heterocycles. The molecule has 1 atom stereocenters. The van der Waals surface area contributed by atoms with Crippen LogP contribution >= 0.6 is 11.6 Å². The highest BCUT2D eigenvalue weighted by molar-refractivity contribution is 6.30. The van der Waals surface area contributed by atoms with Crippen LogP contribution in [0.3, 0.4) is 0 Å². The van der Waals surface area contributed by atoms with Crippen LogP contribution in [0.1, 0.15) is 68.0 Å². The molecule has 6 heteroatoms. The molecule has 28 heavy (non-hydrogen) atoms. The van der Waals surface area contributed by atoms with Crippen molar-refractivity contribution in [1.29, 1.82) is 0 Å². The van der Waals surface area contributed by atoms with Gasteiger partial charge in [-0.05, 0) is 55.4 Å². The van der Waals surface area contributed by atoms with Crippen molar-refractivity contribution >= 4 is 17.5 Å². The minimum absolute atomic E-state index is 0.0379. The van der Waals surface area contributed by atoms with Gasteiger partial charge in [0, 0.05) is 30.4 Å². The molecule has 1 aromatic carbocycles. The van der Waals surface area contributed by atoms with Crippen molar-refractivity contribution in [2.75, 3.05) is 13.2 Å². The van der Waals surface area contributed by atoms with Gasteiger partial charge in [-0.25, -0.2) is 0 Å². The van der Waals surface area contributed by atoms with Gasteiger partial charge in [0.15, 0.2) is 6.61 Å². The second-order valence-electron chi connectivity index (χ2n) is 8.00. The standard InChI is InChI=1S/C22H28ClN3O2/c1-25-14-17(13-24-25)20-8-5-11-26(20)22(27)15-28-21-10-9-18(23)12-19(21)16-6-3-2-4-7-16/h9-10,12-14,16,20H,2-8,11,15H2,1H3. The molecular formula is C22H28ClN3O2. The van der Waals surface area contributed by atoms with Crippen LogP contribution in [0.5, 0.6) is 5.75 Å². The van der Waals surface area contributed by atoms with E-state index in [9.17, 15) is 4.79 Å². The Morgan fingerprint density at radius 1 is 1.21 bits per heavy atom. The summed E-state index contributed by atoms with van der Waals surface area (Å²) in [5.74, 6) is 1.32. The van der Waals surface area contributed by atoms with Crippen molar-refractivity contribution in [2.45, 2.75) is 56.9 Å². The molecule has 1 aliphatic carbocycles. The van der Waals surface area contributed by atoms with Crippen molar-refractivity contribution < 1.29 is 9.53 Å². The molecule has 4 rings (SSSR count). The lowest BCUT2D eigenvalue weighted by Gasteiger charge is -2.26. The molecule has 5 nitrogen and oxygen atoms in total. The van der Waals surface area contributed by atoms with Crippen molar-refractivity contribution in [3.8, 4) is 5.75 Å². The average molecular weight is 402 g/mol. The number of rotatable bonds is 5. The zero-order chi connectivity index (χ0) is 19.5. The first-order chi connectivity index (χ1) is 13.6. The fraction of sp³-hybridized carbons (Fsp3) is 0.545. The summed E-state index contributed by atoms with van der Waals surface area (Å²) in [6.45, 7) is 0.843. The number of hydrogen-bond acceptors (Lipinski definition) is 3. The van der Waals surface area contributed by atoms with E-state index in [-0.39, 0.29) is 18.6 Å². The first-order valence-electron chi connectivity index (χ1n) is 10.3. The van der Waals surface area contributed by atoms with E-state index in [4.69, 9.17) is 16.3 Å². The molecule has 0 spiro atoms. The maximum Gasteiger partial charge on any atom is 0.261 e. The Morgan fingerprint density at radius 3 is 2.79 bits per heavy atom. The van der Waals surface area contributed by atoms with E-state index < -0.39 is 0 Å². The summed E-state index contributed by atoms with van der Waals surface area (Å²) in [4.78, 5) is 14.8. The number of hydrogen-bond donors (Lipinski definition) is 0. The minimum atomic E-state index is 0.0379. The normalized spacial score (nSPS) is 20.5. The number of benzene rings is 1. The number of carbonyl (C=O) groups is 1. The lowest BCUT2D eigenvalue weighted by Crippen LogP contribution is -2.34. The van der Waals surface area contributed by atoms with E-state index in [0.717, 1.165) is 41.3 Å². The fourth-order valence-corrected chi connectivity index (χ4v) is 4.81. The lowest BCUT2D eigenvalue weighted by molar-refractivity contribution is -0.134. The van der Waals surface area contributed by atoms with E-state index in [1.54, 1.807) is 4.68 Å². The third kappa shape index (κ3) is 4.19. The number of aryl methyl sites for hydroxylation is 1. The summed E-state index contributed by atoms with van der Waals surface area (Å²) >= 11 is 6.25. The quantitative estimate of drug-likeness (QED) is 0.718. The minimum Gasteiger partial charge on any atom is -0.483 e. The highest BCUT2D eigenvalue weighted by Gasteiger charge is 2.31. The monoisotopic (exact) mass is 401 g/mol. The third-order valence-corrected chi connectivity index (χ3v) is 6.29. The number of ether oxygens (including phenoxy) is 1. The van der Waals surface area contributed by atoms with Crippen LogP contribution in [0.25, 0.3) is 0 Å². The van der Waals surface area contributed by atoms with Gasteiger partial charge in [0.1, 0.15) is 5.75 Å². The van der Waals surface area contributed by atoms with Crippen LogP contribution in [-0.2, 0) is 11.8 Å². The fourth-order valence-electron chi connectivity index (χ4n) is 4.63. The molecule has 1 amide bonds. The molecule has 0 bridgehead atoms. The van der Waals surface area contributed by atoms with Gasteiger partial charge in [0.05, 0.1) is 12.2 Å². The summed E-state index contributed by atoms with van der Waals surface area (Å²) in [5.41, 5.74) is 2.26. The number of nitrogens with zero attached hydrogens (tertiary/aromatic N) is 3. The Balaban J connectivity index is 1.44. The maximum absolute atomic E-state index is 12.9. The number of likely N-dealkylation sites (tertiary alicyclic amines) is 1. The Bertz CT molecular complexity index is 829. The molecule has 1 aromatic heterocycles. The predicted molar refractivity (Wildman–Crippen MR) is 110 cm³/mol. The van der Waals surface area contributed by atoms with Crippen LogP contribution in [-0.4, -0.2) is 33.7 Å². The largest absolute Gasteiger partial charge is 0.483 e. The second kappa shape index (κ2) is 8.56. The van der Waals surface area contributed by atoms with Gasteiger partial charge < -0.3 is 9.64 Å². The zero-order valence-electron chi connectivity index (χ0n) is 16.4. The number of halogens is 1. The molecule has 1 aliphatic heterocycles. The van der Waals surface area contributed by atoms with Gasteiger partial charge in [0.25, 0.3) is 5.91 Å². The van der Waals surface area contributed by atoms with Crippen LogP contribution in [0.4, 0.5) is 0 Å². The van der Waals surface area contributed by atoms with Crippen LogP contribution < -0.4 is 4.74 Å². The average Bonchev–Trinajstić information content (AvgIpc) is 3.36. The zero-order valence-corrected chi connectivity index (χ0v) is 17.2. The van der Waals surface area contributed by atoms with Gasteiger partial charge in [-0.3, -0.25) is 9.48 Å². The third-order valence-electron chi connectivity index (χ3n) is 6.05. The maximum atomic E-state index is 12.9. The van der Waals surface area contributed by atoms with E-state index in [0.29, 0.717) is 5.92 Å². The van der Waals surface area contributed by atoms with Gasteiger partial charge in [-0.1, -0.05) is 30.9 Å². The first-order valence-corrected chi connectivity index (χ1v) is 10.7. The van der Waals surface area contributed by atoms with Crippen molar-refractivity contribution in [3.63, 3.8) is 0 Å². The number of aromatic nitrogens is 2. The van der Waals surface area contributed by atoms with Crippen LogP contribution in [0.15, 0.2) is 30.6 Å². The molecule has 2 aromatic rings. The highest BCUT2D eigenvalue weighted by Crippen LogP contribution is 2.39. The van der Waals surface area contributed by atoms with Gasteiger partial charge in [0.2, 0.25) is 0 Å². The highest BCUT2D eigenvalue weighted by atomic mass is 35.5. The summed E-state index contributed by atoms with van der Waals surface area (Å²) in [5, 5.41) is 4.99. The van der Waals surface area contributed by atoms with Crippen molar-refractivity contribution in [2.24, 2.45) is 7.05 Å². The second-order valence-corrected chi connectivity index (χ2v) is 8.43. The predicted octanol–water partition coefficient (Wildman–Crippen LogP) is 4.86. The SMILES string of the molecule is Cn1cc(C2CCCN2C(=O)COc2ccc(Cl)cc2C2CCCCC2)cn1. The molecule has 150 valence electrons. The summed E-state index contributed by atoms with van der Waals surface area (Å²) in [6.07, 6.45) is 12.0. The number of carbonyl (C=O) groups excluding carboxylic acids is 1.